The van der Waals surface area contributed by atoms with Crippen LogP contribution in [0.15, 0.2) is 16.7 Å². The van der Waals surface area contributed by atoms with Crippen molar-refractivity contribution in [2.75, 3.05) is 19.3 Å². The molecule has 17 heavy (non-hydrogen) atoms. The molecule has 94 valence electrons. The molecule has 2 N–H and O–H groups in total. The molecule has 1 rings (SSSR count). The van der Waals surface area contributed by atoms with Crippen LogP contribution in [0.3, 0.4) is 0 Å². The Balaban J connectivity index is 2.78. The molecule has 0 aliphatic carbocycles. The molecule has 0 fully saturated rings. The van der Waals surface area contributed by atoms with Gasteiger partial charge >= 0.3 is 0 Å². The van der Waals surface area contributed by atoms with E-state index in [2.05, 4.69) is 34.8 Å². The van der Waals surface area contributed by atoms with Crippen LogP contribution in [0.25, 0.3) is 0 Å². The number of nitrogens with two attached hydrogens (primary N) is 1. The van der Waals surface area contributed by atoms with Crippen LogP contribution in [0.1, 0.15) is 30.6 Å². The average Bonchev–Trinajstić information content (AvgIpc) is 2.28. The summed E-state index contributed by atoms with van der Waals surface area (Å²) in [6, 6.07) is 1.60. The molecule has 1 aromatic rings. The summed E-state index contributed by atoms with van der Waals surface area (Å²) in [6.45, 7) is 5.02. The first kappa shape index (κ1) is 14.0. The lowest BCUT2D eigenvalue weighted by Gasteiger charge is -2.19. The van der Waals surface area contributed by atoms with Gasteiger partial charge in [0.25, 0.3) is 5.91 Å². The van der Waals surface area contributed by atoms with Crippen LogP contribution >= 0.6 is 15.9 Å². The first-order chi connectivity index (χ1) is 7.91. The van der Waals surface area contributed by atoms with Crippen LogP contribution in [0, 0.1) is 5.92 Å². The molecule has 0 aliphatic rings. The first-order valence-electron chi connectivity index (χ1n) is 5.58. The minimum absolute atomic E-state index is 0.0355. The fraction of sp³-hybridized carbons (Fsp3) is 0.500. The van der Waals surface area contributed by atoms with Crippen molar-refractivity contribution in [1.29, 1.82) is 0 Å². The highest BCUT2D eigenvalue weighted by Crippen LogP contribution is 2.19. The Morgan fingerprint density at radius 1 is 1.59 bits per heavy atom. The number of carbonyl (C=O) groups excluding carboxylic acids is 1. The molecule has 0 spiro atoms. The monoisotopic (exact) mass is 299 g/mol. The van der Waals surface area contributed by atoms with E-state index in [0.717, 1.165) is 13.0 Å². The van der Waals surface area contributed by atoms with Crippen LogP contribution in [0.2, 0.25) is 0 Å². The standard InChI is InChI=1S/C12H18BrN3O/c1-8(2)4-5-16(3)12(17)9-6-11(14)15-7-10(9)13/h6-8H,4-5H2,1-3H3,(H2,14,15). The minimum atomic E-state index is -0.0355. The van der Waals surface area contributed by atoms with Gasteiger partial charge in [-0.05, 0) is 34.3 Å². The van der Waals surface area contributed by atoms with E-state index in [1.54, 1.807) is 24.2 Å². The second kappa shape index (κ2) is 6.00. The van der Waals surface area contributed by atoms with Gasteiger partial charge in [0.1, 0.15) is 5.82 Å². The fourth-order valence-corrected chi connectivity index (χ4v) is 1.76. The van der Waals surface area contributed by atoms with Crippen molar-refractivity contribution >= 4 is 27.7 Å². The predicted molar refractivity (Wildman–Crippen MR) is 72.8 cm³/mol. The third-order valence-corrected chi connectivity index (χ3v) is 3.13. The van der Waals surface area contributed by atoms with E-state index >= 15 is 0 Å². The lowest BCUT2D eigenvalue weighted by Crippen LogP contribution is -2.28. The van der Waals surface area contributed by atoms with Gasteiger partial charge in [0.15, 0.2) is 0 Å². The zero-order chi connectivity index (χ0) is 13.0. The van der Waals surface area contributed by atoms with Crippen LogP contribution < -0.4 is 5.73 Å². The maximum atomic E-state index is 12.1. The Hall–Kier alpha value is -1.10. The third-order valence-electron chi connectivity index (χ3n) is 2.50. The molecule has 0 bridgehead atoms. The molecule has 0 saturated heterocycles. The molecule has 0 aliphatic heterocycles. The maximum absolute atomic E-state index is 12.1. The number of nitrogens with zero attached hydrogens (tertiary/aromatic N) is 2. The van der Waals surface area contributed by atoms with Gasteiger partial charge in [0.2, 0.25) is 0 Å². The van der Waals surface area contributed by atoms with Gasteiger partial charge in [-0.25, -0.2) is 4.98 Å². The van der Waals surface area contributed by atoms with Crippen LogP contribution in [-0.4, -0.2) is 29.4 Å². The highest BCUT2D eigenvalue weighted by atomic mass is 79.9. The molecule has 1 aromatic heterocycles. The summed E-state index contributed by atoms with van der Waals surface area (Å²) in [5.41, 5.74) is 6.14. The van der Waals surface area contributed by atoms with E-state index in [1.807, 2.05) is 0 Å². The van der Waals surface area contributed by atoms with Crippen molar-refractivity contribution in [3.63, 3.8) is 0 Å². The zero-order valence-corrected chi connectivity index (χ0v) is 12.0. The molecule has 1 heterocycles. The quantitative estimate of drug-likeness (QED) is 0.929. The first-order valence-corrected chi connectivity index (χ1v) is 6.37. The zero-order valence-electron chi connectivity index (χ0n) is 10.4. The summed E-state index contributed by atoms with van der Waals surface area (Å²) in [5.74, 6) is 0.900. The summed E-state index contributed by atoms with van der Waals surface area (Å²) in [4.78, 5) is 17.8. The number of rotatable bonds is 4. The van der Waals surface area contributed by atoms with Crippen LogP contribution in [0.5, 0.6) is 0 Å². The second-order valence-corrected chi connectivity index (χ2v) is 5.35. The van der Waals surface area contributed by atoms with Gasteiger partial charge in [0.05, 0.1) is 5.56 Å². The molecular formula is C12H18BrN3O. The maximum Gasteiger partial charge on any atom is 0.254 e. The highest BCUT2D eigenvalue weighted by molar-refractivity contribution is 9.10. The Labute approximate surface area is 110 Å². The van der Waals surface area contributed by atoms with E-state index in [0.29, 0.717) is 21.8 Å². The van der Waals surface area contributed by atoms with Gasteiger partial charge in [-0.1, -0.05) is 13.8 Å². The number of hydrogen-bond acceptors (Lipinski definition) is 3. The molecule has 5 heteroatoms. The number of carbonyl (C=O) groups is 1. The van der Waals surface area contributed by atoms with Crippen molar-refractivity contribution in [2.24, 2.45) is 5.92 Å². The number of anilines is 1. The number of pyridine rings is 1. The Kier molecular flexibility index (Phi) is 4.93. The summed E-state index contributed by atoms with van der Waals surface area (Å²) >= 11 is 3.31. The van der Waals surface area contributed by atoms with Crippen molar-refractivity contribution in [1.82, 2.24) is 9.88 Å². The van der Waals surface area contributed by atoms with E-state index in [9.17, 15) is 4.79 Å². The van der Waals surface area contributed by atoms with Crippen molar-refractivity contribution < 1.29 is 4.79 Å². The second-order valence-electron chi connectivity index (χ2n) is 4.50. The van der Waals surface area contributed by atoms with Crippen molar-refractivity contribution in [3.05, 3.63) is 22.3 Å². The summed E-state index contributed by atoms with van der Waals surface area (Å²) < 4.78 is 0.674. The molecule has 0 unspecified atom stereocenters. The third kappa shape index (κ3) is 4.00. The summed E-state index contributed by atoms with van der Waals surface area (Å²) in [5, 5.41) is 0. The lowest BCUT2D eigenvalue weighted by atomic mass is 10.1. The largest absolute Gasteiger partial charge is 0.384 e. The molecule has 1 amide bonds. The van der Waals surface area contributed by atoms with E-state index in [-0.39, 0.29) is 5.91 Å². The fourth-order valence-electron chi connectivity index (χ4n) is 1.38. The van der Waals surface area contributed by atoms with Gasteiger partial charge in [0, 0.05) is 24.3 Å². The molecule has 0 atom stereocenters. The summed E-state index contributed by atoms with van der Waals surface area (Å²) in [7, 11) is 1.80. The van der Waals surface area contributed by atoms with Gasteiger partial charge in [-0.2, -0.15) is 0 Å². The van der Waals surface area contributed by atoms with E-state index in [4.69, 9.17) is 5.73 Å². The molecule has 4 nitrogen and oxygen atoms in total. The number of halogens is 1. The van der Waals surface area contributed by atoms with E-state index in [1.165, 1.54) is 0 Å². The van der Waals surface area contributed by atoms with Crippen LogP contribution in [-0.2, 0) is 0 Å². The average molecular weight is 300 g/mol. The SMILES string of the molecule is CC(C)CCN(C)C(=O)c1cc(N)ncc1Br. The van der Waals surface area contributed by atoms with Gasteiger partial charge in [-0.3, -0.25) is 4.79 Å². The van der Waals surface area contributed by atoms with Crippen molar-refractivity contribution in [3.8, 4) is 0 Å². The predicted octanol–water partition coefficient (Wildman–Crippen LogP) is 2.54. The number of nitrogen functional groups attached to an aromatic ring is 1. The summed E-state index contributed by atoms with van der Waals surface area (Å²) in [6.07, 6.45) is 2.54. The number of hydrogen-bond donors (Lipinski definition) is 1. The Morgan fingerprint density at radius 3 is 2.82 bits per heavy atom. The molecular weight excluding hydrogens is 282 g/mol. The lowest BCUT2D eigenvalue weighted by molar-refractivity contribution is 0.0788. The Morgan fingerprint density at radius 2 is 2.24 bits per heavy atom. The smallest absolute Gasteiger partial charge is 0.254 e. The van der Waals surface area contributed by atoms with Gasteiger partial charge in [-0.15, -0.1) is 0 Å². The number of aromatic nitrogens is 1. The molecule has 0 radical (unpaired) electrons. The minimum Gasteiger partial charge on any atom is -0.384 e. The molecule has 0 aromatic carbocycles. The van der Waals surface area contributed by atoms with Gasteiger partial charge < -0.3 is 10.6 Å². The van der Waals surface area contributed by atoms with Crippen molar-refractivity contribution in [2.45, 2.75) is 20.3 Å². The normalized spacial score (nSPS) is 10.6. The Bertz CT molecular complexity index is 407. The highest BCUT2D eigenvalue weighted by Gasteiger charge is 2.15. The topological polar surface area (TPSA) is 59.2 Å². The molecule has 0 saturated carbocycles. The van der Waals surface area contributed by atoms with Crippen LogP contribution in [0.4, 0.5) is 5.82 Å². The van der Waals surface area contributed by atoms with E-state index < -0.39 is 0 Å². The number of amides is 1.